The Kier molecular flexibility index (Phi) is 4.96. The van der Waals surface area contributed by atoms with E-state index >= 15 is 0 Å². The monoisotopic (exact) mass is 369 g/mol. The molecule has 27 heavy (non-hydrogen) atoms. The zero-order valence-electron chi connectivity index (χ0n) is 15.8. The molecule has 2 aromatic rings. The topological polar surface area (TPSA) is 62.9 Å². The molecule has 1 N–H and O–H groups in total. The predicted octanol–water partition coefficient (Wildman–Crippen LogP) is 4.19. The summed E-state index contributed by atoms with van der Waals surface area (Å²) in [5.41, 5.74) is 0.256. The molecule has 2 heterocycles. The molecule has 1 saturated heterocycles. The Morgan fingerprint density at radius 3 is 2.89 bits per heavy atom. The molecule has 0 radical (unpaired) electrons. The van der Waals surface area contributed by atoms with E-state index in [1.165, 1.54) is 6.26 Å². The van der Waals surface area contributed by atoms with Crippen LogP contribution in [0.4, 0.5) is 0 Å². The van der Waals surface area contributed by atoms with E-state index < -0.39 is 5.60 Å². The minimum atomic E-state index is -0.720. The molecule has 2 aliphatic rings. The molecule has 0 bridgehead atoms. The maximum Gasteiger partial charge on any atom is 0.290 e. The van der Waals surface area contributed by atoms with Crippen LogP contribution in [0.1, 0.15) is 61.2 Å². The fourth-order valence-corrected chi connectivity index (χ4v) is 4.85. The van der Waals surface area contributed by atoms with Gasteiger partial charge < -0.3 is 19.2 Å². The highest BCUT2D eigenvalue weighted by molar-refractivity contribution is 5.92. The molecular weight excluding hydrogens is 342 g/mol. The molecule has 4 rings (SSSR count). The SMILES string of the molecule is CCOc1ccccc1[C@@H]1[C@@H]2CCCC[C@@]2(O)CCN1C(=O)c1ccco1. The number of fused-ring (bicyclic) bond motifs is 1. The molecule has 2 fully saturated rings. The minimum Gasteiger partial charge on any atom is -0.494 e. The van der Waals surface area contributed by atoms with Crippen molar-refractivity contribution in [1.82, 2.24) is 4.90 Å². The molecule has 0 spiro atoms. The van der Waals surface area contributed by atoms with Gasteiger partial charge in [-0.1, -0.05) is 31.0 Å². The van der Waals surface area contributed by atoms with Gasteiger partial charge in [0.2, 0.25) is 0 Å². The van der Waals surface area contributed by atoms with Gasteiger partial charge in [0.15, 0.2) is 5.76 Å². The molecule has 1 saturated carbocycles. The smallest absolute Gasteiger partial charge is 0.290 e. The van der Waals surface area contributed by atoms with E-state index in [4.69, 9.17) is 9.15 Å². The molecule has 1 aliphatic carbocycles. The van der Waals surface area contributed by atoms with Crippen LogP contribution in [0, 0.1) is 5.92 Å². The second-order valence-corrected chi connectivity index (χ2v) is 7.60. The lowest BCUT2D eigenvalue weighted by Gasteiger charge is -2.52. The lowest BCUT2D eigenvalue weighted by molar-refractivity contribution is -0.115. The number of carbonyl (C=O) groups is 1. The molecule has 1 aliphatic heterocycles. The number of piperidine rings is 1. The number of hydrogen-bond acceptors (Lipinski definition) is 4. The van der Waals surface area contributed by atoms with Gasteiger partial charge in [-0.25, -0.2) is 0 Å². The Morgan fingerprint density at radius 1 is 1.26 bits per heavy atom. The zero-order chi connectivity index (χ0) is 18.9. The molecular formula is C22H27NO4. The van der Waals surface area contributed by atoms with Crippen molar-refractivity contribution < 1.29 is 19.1 Å². The van der Waals surface area contributed by atoms with Crippen LogP contribution in [0.2, 0.25) is 0 Å². The van der Waals surface area contributed by atoms with Crippen molar-refractivity contribution in [3.05, 3.63) is 54.0 Å². The Bertz CT molecular complexity index is 787. The highest BCUT2D eigenvalue weighted by atomic mass is 16.5. The third-order valence-electron chi connectivity index (χ3n) is 6.10. The highest BCUT2D eigenvalue weighted by Crippen LogP contribution is 2.51. The third kappa shape index (κ3) is 3.25. The van der Waals surface area contributed by atoms with Gasteiger partial charge >= 0.3 is 0 Å². The van der Waals surface area contributed by atoms with Crippen LogP contribution in [-0.4, -0.2) is 34.7 Å². The Labute approximate surface area is 159 Å². The fraction of sp³-hybridized carbons (Fsp3) is 0.500. The van der Waals surface area contributed by atoms with Gasteiger partial charge in [-0.2, -0.15) is 0 Å². The van der Waals surface area contributed by atoms with Gasteiger partial charge in [-0.15, -0.1) is 0 Å². The van der Waals surface area contributed by atoms with Crippen LogP contribution >= 0.6 is 0 Å². The summed E-state index contributed by atoms with van der Waals surface area (Å²) < 4.78 is 11.3. The number of aliphatic hydroxyl groups is 1. The fourth-order valence-electron chi connectivity index (χ4n) is 4.85. The number of ether oxygens (including phenoxy) is 1. The number of furan rings is 1. The molecule has 1 aromatic carbocycles. The summed E-state index contributed by atoms with van der Waals surface area (Å²) in [5, 5.41) is 11.4. The van der Waals surface area contributed by atoms with E-state index in [-0.39, 0.29) is 17.9 Å². The lowest BCUT2D eigenvalue weighted by Crippen LogP contribution is -2.56. The van der Waals surface area contributed by atoms with Gasteiger partial charge in [0.1, 0.15) is 5.75 Å². The van der Waals surface area contributed by atoms with Crippen LogP contribution < -0.4 is 4.74 Å². The molecule has 5 nitrogen and oxygen atoms in total. The molecule has 1 aromatic heterocycles. The van der Waals surface area contributed by atoms with Crippen molar-refractivity contribution in [1.29, 1.82) is 0 Å². The minimum absolute atomic E-state index is 0.000480. The first kappa shape index (κ1) is 18.1. The first-order chi connectivity index (χ1) is 13.1. The summed E-state index contributed by atoms with van der Waals surface area (Å²) in [6.45, 7) is 3.03. The first-order valence-electron chi connectivity index (χ1n) is 9.92. The first-order valence-corrected chi connectivity index (χ1v) is 9.92. The number of benzene rings is 1. The molecule has 1 amide bonds. The summed E-state index contributed by atoms with van der Waals surface area (Å²) in [6.07, 6.45) is 5.95. The molecule has 3 atom stereocenters. The van der Waals surface area contributed by atoms with Crippen LogP contribution in [0.25, 0.3) is 0 Å². The van der Waals surface area contributed by atoms with Crippen LogP contribution in [-0.2, 0) is 0 Å². The molecule has 144 valence electrons. The lowest BCUT2D eigenvalue weighted by atomic mass is 9.66. The number of carbonyl (C=O) groups excluding carboxylic acids is 1. The van der Waals surface area contributed by atoms with Crippen LogP contribution in [0.5, 0.6) is 5.75 Å². The van der Waals surface area contributed by atoms with E-state index in [2.05, 4.69) is 0 Å². The van der Waals surface area contributed by atoms with Gasteiger partial charge in [-0.3, -0.25) is 4.79 Å². The number of para-hydroxylation sites is 1. The van der Waals surface area contributed by atoms with Crippen molar-refractivity contribution in [2.45, 2.75) is 50.7 Å². The van der Waals surface area contributed by atoms with E-state index in [1.54, 1.807) is 12.1 Å². The summed E-state index contributed by atoms with van der Waals surface area (Å²) in [4.78, 5) is 15.1. The highest BCUT2D eigenvalue weighted by Gasteiger charge is 2.51. The number of hydrogen-bond donors (Lipinski definition) is 1. The maximum atomic E-state index is 13.2. The number of amides is 1. The van der Waals surface area contributed by atoms with Crippen molar-refractivity contribution in [3.8, 4) is 5.75 Å². The van der Waals surface area contributed by atoms with Gasteiger partial charge in [0.25, 0.3) is 5.91 Å². The average molecular weight is 369 g/mol. The van der Waals surface area contributed by atoms with Crippen molar-refractivity contribution in [3.63, 3.8) is 0 Å². The summed E-state index contributed by atoms with van der Waals surface area (Å²) in [7, 11) is 0. The van der Waals surface area contributed by atoms with E-state index in [0.717, 1.165) is 37.0 Å². The van der Waals surface area contributed by atoms with Crippen molar-refractivity contribution in [2.75, 3.05) is 13.2 Å². The Hall–Kier alpha value is -2.27. The Morgan fingerprint density at radius 2 is 2.11 bits per heavy atom. The molecule has 5 heteroatoms. The number of likely N-dealkylation sites (tertiary alicyclic amines) is 1. The average Bonchev–Trinajstić information content (AvgIpc) is 3.22. The third-order valence-corrected chi connectivity index (χ3v) is 6.10. The van der Waals surface area contributed by atoms with Gasteiger partial charge in [0.05, 0.1) is 24.5 Å². The predicted molar refractivity (Wildman–Crippen MR) is 102 cm³/mol. The standard InChI is InChI=1S/C22H27NO4/c1-2-26-18-10-4-3-8-16(18)20-17-9-5-6-12-22(17,25)13-14-23(20)21(24)19-11-7-15-27-19/h3-4,7-8,10-11,15,17,20,25H,2,5-6,9,12-14H2,1H3/t17-,20+,22+/m0/s1. The van der Waals surface area contributed by atoms with Crippen LogP contribution in [0.15, 0.2) is 47.1 Å². The summed E-state index contributed by atoms with van der Waals surface area (Å²) in [6, 6.07) is 11.1. The number of nitrogens with zero attached hydrogens (tertiary/aromatic N) is 1. The normalized spacial score (nSPS) is 27.9. The largest absolute Gasteiger partial charge is 0.494 e. The second-order valence-electron chi connectivity index (χ2n) is 7.60. The van der Waals surface area contributed by atoms with Crippen LogP contribution in [0.3, 0.4) is 0 Å². The van der Waals surface area contributed by atoms with Gasteiger partial charge in [-0.05, 0) is 44.4 Å². The zero-order valence-corrected chi connectivity index (χ0v) is 15.8. The van der Waals surface area contributed by atoms with E-state index in [1.807, 2.05) is 36.1 Å². The molecule has 0 unspecified atom stereocenters. The quantitative estimate of drug-likeness (QED) is 0.878. The van der Waals surface area contributed by atoms with E-state index in [9.17, 15) is 9.90 Å². The Balaban J connectivity index is 1.78. The summed E-state index contributed by atoms with van der Waals surface area (Å²) >= 11 is 0. The van der Waals surface area contributed by atoms with Crippen molar-refractivity contribution >= 4 is 5.91 Å². The van der Waals surface area contributed by atoms with Gasteiger partial charge in [0, 0.05) is 18.0 Å². The maximum absolute atomic E-state index is 13.2. The number of rotatable bonds is 4. The second kappa shape index (κ2) is 7.39. The summed E-state index contributed by atoms with van der Waals surface area (Å²) in [5.74, 6) is 1.01. The van der Waals surface area contributed by atoms with Crippen molar-refractivity contribution in [2.24, 2.45) is 5.92 Å². The van der Waals surface area contributed by atoms with E-state index in [0.29, 0.717) is 25.3 Å².